The van der Waals surface area contributed by atoms with Crippen molar-refractivity contribution in [3.63, 3.8) is 0 Å². The van der Waals surface area contributed by atoms with Crippen molar-refractivity contribution >= 4 is 23.0 Å². The molecule has 0 aliphatic carbocycles. The molecule has 1 fully saturated rings. The number of nitrogens with one attached hydrogen (secondary N) is 1. The van der Waals surface area contributed by atoms with Gasteiger partial charge in [-0.1, -0.05) is 66.7 Å². The lowest BCUT2D eigenvalue weighted by Gasteiger charge is -2.40. The highest BCUT2D eigenvalue weighted by molar-refractivity contribution is 5.86. The van der Waals surface area contributed by atoms with Crippen molar-refractivity contribution in [1.82, 2.24) is 19.8 Å². The van der Waals surface area contributed by atoms with E-state index in [0.717, 1.165) is 27.6 Å². The Kier molecular flexibility index (Phi) is 7.05. The van der Waals surface area contributed by atoms with Gasteiger partial charge >= 0.3 is 12.2 Å². The summed E-state index contributed by atoms with van der Waals surface area (Å²) in [5, 5.41) is 2.28. The van der Waals surface area contributed by atoms with Gasteiger partial charge in [-0.2, -0.15) is 0 Å². The third-order valence-corrected chi connectivity index (χ3v) is 6.44. The third-order valence-electron chi connectivity index (χ3n) is 6.44. The van der Waals surface area contributed by atoms with Crippen molar-refractivity contribution in [3.05, 3.63) is 90.4 Å². The van der Waals surface area contributed by atoms with Crippen LogP contribution >= 0.6 is 0 Å². The normalized spacial score (nSPS) is 15.9. The van der Waals surface area contributed by atoms with E-state index in [0.29, 0.717) is 18.9 Å². The second-order valence-electron chi connectivity index (χ2n) is 10.4. The second kappa shape index (κ2) is 10.6. The van der Waals surface area contributed by atoms with Gasteiger partial charge in [-0.15, -0.1) is 0 Å². The molecule has 1 aromatic heterocycles. The minimum atomic E-state index is -0.646. The maximum absolute atomic E-state index is 13.1. The molecule has 38 heavy (non-hydrogen) atoms. The number of hydrogen-bond acceptors (Lipinski definition) is 5. The summed E-state index contributed by atoms with van der Waals surface area (Å²) in [6, 6.07) is 23.4. The molecule has 3 aromatic carbocycles. The molecular formula is C30H32N4O4. The van der Waals surface area contributed by atoms with Crippen molar-refractivity contribution < 1.29 is 19.1 Å². The Morgan fingerprint density at radius 2 is 1.68 bits per heavy atom. The highest BCUT2D eigenvalue weighted by atomic mass is 16.6. The smallest absolute Gasteiger partial charge is 0.411 e. The van der Waals surface area contributed by atoms with Crippen LogP contribution in [0.3, 0.4) is 0 Å². The number of aromatic nitrogens is 2. The fraction of sp³-hybridized carbons (Fsp3) is 0.300. The number of amides is 2. The van der Waals surface area contributed by atoms with Gasteiger partial charge in [0.1, 0.15) is 24.1 Å². The fourth-order valence-corrected chi connectivity index (χ4v) is 4.54. The van der Waals surface area contributed by atoms with Crippen LogP contribution in [0.4, 0.5) is 9.59 Å². The van der Waals surface area contributed by atoms with Gasteiger partial charge in [-0.3, -0.25) is 4.90 Å². The SMILES string of the molecule is CC(C)(C)OC(=O)N1CCN(C(=O)OCc2ccccc2)CC1c1ncc(-c2ccc3ccccc3c2)[nH]1. The molecule has 1 aliphatic rings. The lowest BCUT2D eigenvalue weighted by Crippen LogP contribution is -2.53. The number of piperazine rings is 1. The van der Waals surface area contributed by atoms with Crippen LogP contribution in [0.5, 0.6) is 0 Å². The highest BCUT2D eigenvalue weighted by Gasteiger charge is 2.38. The van der Waals surface area contributed by atoms with Crippen LogP contribution in [0.2, 0.25) is 0 Å². The van der Waals surface area contributed by atoms with E-state index in [2.05, 4.69) is 34.2 Å². The Bertz CT molecular complexity index is 1430. The molecule has 2 heterocycles. The van der Waals surface area contributed by atoms with Crippen LogP contribution < -0.4 is 0 Å². The summed E-state index contributed by atoms with van der Waals surface area (Å²) in [7, 11) is 0. The maximum atomic E-state index is 13.1. The summed E-state index contributed by atoms with van der Waals surface area (Å²) in [5.41, 5.74) is 2.09. The lowest BCUT2D eigenvalue weighted by molar-refractivity contribution is -0.00487. The molecule has 0 saturated carbocycles. The molecular weight excluding hydrogens is 480 g/mol. The first-order valence-corrected chi connectivity index (χ1v) is 12.8. The predicted octanol–water partition coefficient (Wildman–Crippen LogP) is 6.16. The molecule has 4 aromatic rings. The molecule has 2 amide bonds. The van der Waals surface area contributed by atoms with Crippen molar-refractivity contribution in [2.24, 2.45) is 0 Å². The Labute approximate surface area is 222 Å². The Morgan fingerprint density at radius 1 is 0.947 bits per heavy atom. The standard InChI is InChI=1S/C30H32N4O4/c1-30(2,3)38-29(36)34-16-15-33(28(35)37-20-21-9-5-4-6-10-21)19-26(34)27-31-18-25(32-27)24-14-13-22-11-7-8-12-23(22)17-24/h4-14,17-18,26H,15-16,19-20H2,1-3H3,(H,31,32). The van der Waals surface area contributed by atoms with Gasteiger partial charge in [0.05, 0.1) is 18.4 Å². The maximum Gasteiger partial charge on any atom is 0.411 e. The monoisotopic (exact) mass is 512 g/mol. The van der Waals surface area contributed by atoms with E-state index in [4.69, 9.17) is 9.47 Å². The Hall–Kier alpha value is -4.33. The zero-order valence-electron chi connectivity index (χ0n) is 21.9. The lowest BCUT2D eigenvalue weighted by atomic mass is 10.1. The number of ether oxygens (including phenoxy) is 2. The number of benzene rings is 3. The van der Waals surface area contributed by atoms with E-state index < -0.39 is 23.8 Å². The molecule has 1 N–H and O–H groups in total. The average molecular weight is 513 g/mol. The van der Waals surface area contributed by atoms with Crippen molar-refractivity contribution in [2.75, 3.05) is 19.6 Å². The molecule has 0 radical (unpaired) electrons. The summed E-state index contributed by atoms with van der Waals surface area (Å²) < 4.78 is 11.2. The van der Waals surface area contributed by atoms with E-state index in [1.807, 2.05) is 69.3 Å². The molecule has 1 saturated heterocycles. The summed E-state index contributed by atoms with van der Waals surface area (Å²) >= 11 is 0. The first kappa shape index (κ1) is 25.3. The second-order valence-corrected chi connectivity index (χ2v) is 10.4. The number of carbonyl (C=O) groups excluding carboxylic acids is 2. The number of rotatable bonds is 4. The van der Waals surface area contributed by atoms with Crippen LogP contribution in [0, 0.1) is 0 Å². The topological polar surface area (TPSA) is 87.8 Å². The highest BCUT2D eigenvalue weighted by Crippen LogP contribution is 2.29. The fourth-order valence-electron chi connectivity index (χ4n) is 4.54. The van der Waals surface area contributed by atoms with Crippen LogP contribution in [0.1, 0.15) is 38.2 Å². The zero-order valence-corrected chi connectivity index (χ0v) is 21.9. The number of hydrogen-bond donors (Lipinski definition) is 1. The van der Waals surface area contributed by atoms with Crippen molar-refractivity contribution in [3.8, 4) is 11.3 Å². The first-order valence-electron chi connectivity index (χ1n) is 12.8. The number of H-pyrrole nitrogens is 1. The molecule has 0 bridgehead atoms. The zero-order chi connectivity index (χ0) is 26.7. The van der Waals surface area contributed by atoms with E-state index in [9.17, 15) is 9.59 Å². The van der Waals surface area contributed by atoms with Crippen molar-refractivity contribution in [2.45, 2.75) is 39.0 Å². The molecule has 8 nitrogen and oxygen atoms in total. The Morgan fingerprint density at radius 3 is 2.45 bits per heavy atom. The van der Waals surface area contributed by atoms with Gasteiger partial charge in [-0.25, -0.2) is 14.6 Å². The quantitative estimate of drug-likeness (QED) is 0.354. The van der Waals surface area contributed by atoms with E-state index in [1.165, 1.54) is 0 Å². The van der Waals surface area contributed by atoms with Gasteiger partial charge in [0.25, 0.3) is 0 Å². The average Bonchev–Trinajstić information content (AvgIpc) is 3.41. The van der Waals surface area contributed by atoms with Crippen LogP contribution in [-0.4, -0.2) is 57.2 Å². The van der Waals surface area contributed by atoms with Crippen LogP contribution in [-0.2, 0) is 16.1 Å². The molecule has 5 rings (SSSR count). The predicted molar refractivity (Wildman–Crippen MR) is 145 cm³/mol. The van der Waals surface area contributed by atoms with E-state index in [-0.39, 0.29) is 13.2 Å². The third kappa shape index (κ3) is 5.80. The van der Waals surface area contributed by atoms with Gasteiger partial charge in [0.15, 0.2) is 0 Å². The molecule has 8 heteroatoms. The van der Waals surface area contributed by atoms with Crippen LogP contribution in [0.15, 0.2) is 79.0 Å². The number of aromatic amines is 1. The first-order chi connectivity index (χ1) is 18.3. The molecule has 1 unspecified atom stereocenters. The number of nitrogens with zero attached hydrogens (tertiary/aromatic N) is 3. The number of imidazole rings is 1. The minimum Gasteiger partial charge on any atom is -0.445 e. The van der Waals surface area contributed by atoms with Gasteiger partial charge in [-0.05, 0) is 43.2 Å². The number of fused-ring (bicyclic) bond motifs is 1. The van der Waals surface area contributed by atoms with Gasteiger partial charge in [0, 0.05) is 18.7 Å². The van der Waals surface area contributed by atoms with Gasteiger partial charge in [0.2, 0.25) is 0 Å². The van der Waals surface area contributed by atoms with Crippen LogP contribution in [0.25, 0.3) is 22.0 Å². The summed E-state index contributed by atoms with van der Waals surface area (Å²) in [6.45, 7) is 6.56. The molecule has 196 valence electrons. The largest absolute Gasteiger partial charge is 0.445 e. The van der Waals surface area contributed by atoms with E-state index >= 15 is 0 Å². The summed E-state index contributed by atoms with van der Waals surface area (Å²) in [4.78, 5) is 37.3. The molecule has 1 atom stereocenters. The van der Waals surface area contributed by atoms with E-state index in [1.54, 1.807) is 16.0 Å². The molecule has 1 aliphatic heterocycles. The number of carbonyl (C=O) groups is 2. The summed E-state index contributed by atoms with van der Waals surface area (Å²) in [5.74, 6) is 0.583. The van der Waals surface area contributed by atoms with Crippen molar-refractivity contribution in [1.29, 1.82) is 0 Å². The Balaban J connectivity index is 1.38. The minimum absolute atomic E-state index is 0.184. The molecule has 0 spiro atoms. The van der Waals surface area contributed by atoms with Gasteiger partial charge < -0.3 is 19.4 Å². The summed E-state index contributed by atoms with van der Waals surface area (Å²) in [6.07, 6.45) is 0.895.